The van der Waals surface area contributed by atoms with Crippen LogP contribution in [0, 0.1) is 0 Å². The van der Waals surface area contributed by atoms with Gasteiger partial charge in [-0.25, -0.2) is 4.79 Å². The zero-order valence-electron chi connectivity index (χ0n) is 13.7. The van der Waals surface area contributed by atoms with Crippen molar-refractivity contribution in [2.45, 2.75) is 33.1 Å². The zero-order valence-corrected chi connectivity index (χ0v) is 13.7. The number of benzene rings is 2. The Labute approximate surface area is 137 Å². The number of hydrogen-bond donors (Lipinski definition) is 1. The van der Waals surface area contributed by atoms with Gasteiger partial charge in [0.05, 0.1) is 6.61 Å². The summed E-state index contributed by atoms with van der Waals surface area (Å²) < 4.78 is 5.33. The molecule has 0 spiro atoms. The number of aliphatic hydroxyl groups excluding tert-OH is 1. The summed E-state index contributed by atoms with van der Waals surface area (Å²) in [5, 5.41) is 9.27. The first-order valence-electron chi connectivity index (χ1n) is 7.77. The van der Waals surface area contributed by atoms with Crippen LogP contribution in [0.25, 0.3) is 0 Å². The Bertz CT molecular complexity index is 640. The molecule has 0 aliphatic carbocycles. The van der Waals surface area contributed by atoms with Gasteiger partial charge in [0, 0.05) is 13.6 Å². The van der Waals surface area contributed by atoms with E-state index in [1.807, 2.05) is 48.5 Å². The van der Waals surface area contributed by atoms with E-state index in [9.17, 15) is 9.90 Å². The molecule has 4 nitrogen and oxygen atoms in total. The molecule has 1 amide bonds. The highest BCUT2D eigenvalue weighted by Gasteiger charge is 2.13. The average Bonchev–Trinajstić information content (AvgIpc) is 2.60. The lowest BCUT2D eigenvalue weighted by molar-refractivity contribution is 0.102. The van der Waals surface area contributed by atoms with Crippen LogP contribution in [0.1, 0.15) is 29.2 Å². The van der Waals surface area contributed by atoms with Crippen LogP contribution in [-0.4, -0.2) is 23.1 Å². The third-order valence-corrected chi connectivity index (χ3v) is 3.76. The van der Waals surface area contributed by atoms with Gasteiger partial charge in [-0.3, -0.25) is 0 Å². The minimum Gasteiger partial charge on any atom is -0.445 e. The van der Waals surface area contributed by atoms with Gasteiger partial charge in [-0.1, -0.05) is 55.5 Å². The largest absolute Gasteiger partial charge is 0.445 e. The number of amides is 1. The second kappa shape index (κ2) is 8.34. The number of aliphatic hydroxyl groups is 1. The Hall–Kier alpha value is -2.33. The number of carbonyl (C=O) groups is 1. The number of hydrogen-bond acceptors (Lipinski definition) is 3. The molecular weight excluding hydrogens is 290 g/mol. The van der Waals surface area contributed by atoms with Crippen molar-refractivity contribution in [3.8, 4) is 0 Å². The van der Waals surface area contributed by atoms with Gasteiger partial charge in [-0.2, -0.15) is 0 Å². The quantitative estimate of drug-likeness (QED) is 0.888. The van der Waals surface area contributed by atoms with Crippen LogP contribution in [0.15, 0.2) is 48.5 Å². The van der Waals surface area contributed by atoms with Gasteiger partial charge in [0.1, 0.15) is 6.61 Å². The van der Waals surface area contributed by atoms with Gasteiger partial charge in [0.25, 0.3) is 0 Å². The summed E-state index contributed by atoms with van der Waals surface area (Å²) in [7, 11) is 1.72. The average molecular weight is 313 g/mol. The van der Waals surface area contributed by atoms with E-state index in [4.69, 9.17) is 4.74 Å². The van der Waals surface area contributed by atoms with Gasteiger partial charge in [-0.15, -0.1) is 0 Å². The molecule has 0 aliphatic heterocycles. The van der Waals surface area contributed by atoms with Crippen molar-refractivity contribution in [2.24, 2.45) is 0 Å². The van der Waals surface area contributed by atoms with Crippen molar-refractivity contribution in [3.63, 3.8) is 0 Å². The van der Waals surface area contributed by atoms with E-state index in [1.54, 1.807) is 11.9 Å². The van der Waals surface area contributed by atoms with Gasteiger partial charge < -0.3 is 14.7 Å². The molecule has 4 heteroatoms. The van der Waals surface area contributed by atoms with Crippen LogP contribution in [0.3, 0.4) is 0 Å². The van der Waals surface area contributed by atoms with Crippen LogP contribution >= 0.6 is 0 Å². The maximum Gasteiger partial charge on any atom is 0.410 e. The van der Waals surface area contributed by atoms with Crippen LogP contribution in [-0.2, 0) is 30.9 Å². The fourth-order valence-electron chi connectivity index (χ4n) is 2.42. The fraction of sp³-hybridized carbons (Fsp3) is 0.316. The summed E-state index contributed by atoms with van der Waals surface area (Å²) >= 11 is 0. The van der Waals surface area contributed by atoms with E-state index in [2.05, 4.69) is 6.92 Å². The molecule has 0 aromatic heterocycles. The van der Waals surface area contributed by atoms with Gasteiger partial charge in [-0.05, 0) is 28.7 Å². The second-order valence-electron chi connectivity index (χ2n) is 5.51. The van der Waals surface area contributed by atoms with Crippen LogP contribution in [0.5, 0.6) is 0 Å². The monoisotopic (exact) mass is 313 g/mol. The van der Waals surface area contributed by atoms with Crippen molar-refractivity contribution in [3.05, 3.63) is 70.8 Å². The minimum atomic E-state index is -0.356. The van der Waals surface area contributed by atoms with E-state index in [1.165, 1.54) is 5.56 Å². The smallest absolute Gasteiger partial charge is 0.410 e. The standard InChI is InChI=1S/C19H23NO3/c1-3-17-10-9-16(13-21)11-18(17)12-20(2)19(22)23-14-15-7-5-4-6-8-15/h4-11,21H,3,12-14H2,1-2H3. The molecule has 0 aliphatic rings. The first kappa shape index (κ1) is 17.0. The summed E-state index contributed by atoms with van der Waals surface area (Å²) in [5.74, 6) is 0. The maximum atomic E-state index is 12.1. The highest BCUT2D eigenvalue weighted by Crippen LogP contribution is 2.16. The lowest BCUT2D eigenvalue weighted by atomic mass is 10.0. The molecule has 0 unspecified atom stereocenters. The predicted molar refractivity (Wildman–Crippen MR) is 89.8 cm³/mol. The van der Waals surface area contributed by atoms with Crippen LogP contribution < -0.4 is 0 Å². The van der Waals surface area contributed by atoms with Gasteiger partial charge in [0.15, 0.2) is 0 Å². The normalized spacial score (nSPS) is 10.4. The first-order chi connectivity index (χ1) is 11.1. The maximum absolute atomic E-state index is 12.1. The van der Waals surface area contributed by atoms with Crippen molar-refractivity contribution >= 4 is 6.09 Å². The third kappa shape index (κ3) is 4.83. The first-order valence-corrected chi connectivity index (χ1v) is 7.77. The summed E-state index contributed by atoms with van der Waals surface area (Å²) in [6.07, 6.45) is 0.527. The zero-order chi connectivity index (χ0) is 16.7. The minimum absolute atomic E-state index is 0.000831. The topological polar surface area (TPSA) is 49.8 Å². The molecule has 0 bridgehead atoms. The molecule has 0 heterocycles. The summed E-state index contributed by atoms with van der Waals surface area (Å²) in [6.45, 7) is 2.80. The number of ether oxygens (including phenoxy) is 1. The molecule has 1 N–H and O–H groups in total. The molecule has 122 valence electrons. The molecule has 0 radical (unpaired) electrons. The third-order valence-electron chi connectivity index (χ3n) is 3.76. The van der Waals surface area contributed by atoms with Gasteiger partial charge in [0.2, 0.25) is 0 Å². The Morgan fingerprint density at radius 2 is 1.83 bits per heavy atom. The molecule has 0 saturated heterocycles. The Kier molecular flexibility index (Phi) is 6.18. The van der Waals surface area contributed by atoms with E-state index in [0.29, 0.717) is 6.54 Å². The van der Waals surface area contributed by atoms with Crippen molar-refractivity contribution in [1.82, 2.24) is 4.90 Å². The second-order valence-corrected chi connectivity index (χ2v) is 5.51. The highest BCUT2D eigenvalue weighted by molar-refractivity contribution is 5.67. The lowest BCUT2D eigenvalue weighted by Crippen LogP contribution is -2.27. The fourth-order valence-corrected chi connectivity index (χ4v) is 2.42. The number of carbonyl (C=O) groups excluding carboxylic acids is 1. The SMILES string of the molecule is CCc1ccc(CO)cc1CN(C)C(=O)OCc1ccccc1. The summed E-state index contributed by atoms with van der Waals surface area (Å²) in [5.41, 5.74) is 4.03. The predicted octanol–water partition coefficient (Wildman–Crippen LogP) is 3.51. The van der Waals surface area contributed by atoms with Crippen molar-refractivity contribution < 1.29 is 14.6 Å². The lowest BCUT2D eigenvalue weighted by Gasteiger charge is -2.19. The highest BCUT2D eigenvalue weighted by atomic mass is 16.6. The molecule has 2 aromatic carbocycles. The number of rotatable bonds is 6. The van der Waals surface area contributed by atoms with E-state index < -0.39 is 0 Å². The van der Waals surface area contributed by atoms with Crippen LogP contribution in [0.2, 0.25) is 0 Å². The van der Waals surface area contributed by atoms with Crippen LogP contribution in [0.4, 0.5) is 4.79 Å². The molecule has 2 aromatic rings. The van der Waals surface area contributed by atoms with E-state index in [-0.39, 0.29) is 19.3 Å². The Morgan fingerprint density at radius 3 is 2.48 bits per heavy atom. The molecule has 0 saturated carbocycles. The Balaban J connectivity index is 1.97. The summed E-state index contributed by atoms with van der Waals surface area (Å²) in [4.78, 5) is 13.7. The summed E-state index contributed by atoms with van der Waals surface area (Å²) in [6, 6.07) is 15.5. The molecule has 0 fully saturated rings. The van der Waals surface area contributed by atoms with Crippen molar-refractivity contribution in [1.29, 1.82) is 0 Å². The number of nitrogens with zero attached hydrogens (tertiary/aromatic N) is 1. The van der Waals surface area contributed by atoms with Crippen molar-refractivity contribution in [2.75, 3.05) is 7.05 Å². The van der Waals surface area contributed by atoms with Gasteiger partial charge >= 0.3 is 6.09 Å². The number of aryl methyl sites for hydroxylation is 1. The Morgan fingerprint density at radius 1 is 1.09 bits per heavy atom. The molecule has 2 rings (SSSR count). The molecule has 0 atom stereocenters. The molecular formula is C19H23NO3. The van der Waals surface area contributed by atoms with E-state index >= 15 is 0 Å². The molecule has 23 heavy (non-hydrogen) atoms. The van der Waals surface area contributed by atoms with E-state index in [0.717, 1.165) is 23.1 Å².